The lowest BCUT2D eigenvalue weighted by Gasteiger charge is -2.34. The second-order valence-electron chi connectivity index (χ2n) is 7.76. The van der Waals surface area contributed by atoms with Crippen LogP contribution in [0.5, 0.6) is 0 Å². The number of pyridine rings is 1. The van der Waals surface area contributed by atoms with E-state index in [4.69, 9.17) is 5.73 Å². The Balaban J connectivity index is 1.59. The Kier molecular flexibility index (Phi) is 5.68. The van der Waals surface area contributed by atoms with Crippen molar-refractivity contribution in [1.82, 2.24) is 9.88 Å². The van der Waals surface area contributed by atoms with E-state index in [1.165, 1.54) is 5.69 Å². The van der Waals surface area contributed by atoms with Crippen molar-refractivity contribution in [2.75, 3.05) is 43.4 Å². The normalized spacial score (nSPS) is 14.5. The van der Waals surface area contributed by atoms with E-state index in [0.717, 1.165) is 48.6 Å². The van der Waals surface area contributed by atoms with Crippen molar-refractivity contribution in [2.24, 2.45) is 5.73 Å². The summed E-state index contributed by atoms with van der Waals surface area (Å²) in [5, 5.41) is 3.33. The zero-order chi connectivity index (χ0) is 21.1. The molecule has 0 aliphatic carbocycles. The van der Waals surface area contributed by atoms with Crippen LogP contribution in [0, 0.1) is 6.92 Å². The zero-order valence-electron chi connectivity index (χ0n) is 17.4. The predicted octanol–water partition coefficient (Wildman–Crippen LogP) is 3.65. The molecule has 1 fully saturated rings. The number of anilines is 3. The molecule has 154 valence electrons. The lowest BCUT2D eigenvalue weighted by molar-refractivity contribution is 0.0996. The summed E-state index contributed by atoms with van der Waals surface area (Å²) in [4.78, 5) is 21.0. The summed E-state index contributed by atoms with van der Waals surface area (Å²) >= 11 is 0. The molecule has 0 radical (unpaired) electrons. The lowest BCUT2D eigenvalue weighted by Crippen LogP contribution is -2.44. The average Bonchev–Trinajstić information content (AvgIpc) is 2.75. The summed E-state index contributed by atoms with van der Waals surface area (Å²) in [6.45, 7) is 6.25. The van der Waals surface area contributed by atoms with Crippen molar-refractivity contribution in [1.29, 1.82) is 0 Å². The van der Waals surface area contributed by atoms with Gasteiger partial charge in [0, 0.05) is 49.3 Å². The summed E-state index contributed by atoms with van der Waals surface area (Å²) in [5.74, 6) is -0.553. The van der Waals surface area contributed by atoms with Gasteiger partial charge in [0.25, 0.3) is 5.91 Å². The first kappa shape index (κ1) is 19.9. The van der Waals surface area contributed by atoms with Crippen LogP contribution in [0.2, 0.25) is 0 Å². The molecule has 0 spiro atoms. The van der Waals surface area contributed by atoms with Gasteiger partial charge in [-0.2, -0.15) is 0 Å². The molecule has 1 aromatic heterocycles. The van der Waals surface area contributed by atoms with Crippen LogP contribution in [0.4, 0.5) is 17.1 Å². The van der Waals surface area contributed by atoms with Crippen molar-refractivity contribution in [3.05, 3.63) is 72.1 Å². The second-order valence-corrected chi connectivity index (χ2v) is 7.76. The molecule has 4 rings (SSSR count). The number of nitrogens with one attached hydrogen (secondary N) is 1. The van der Waals surface area contributed by atoms with Crippen molar-refractivity contribution in [3.63, 3.8) is 0 Å². The molecule has 30 heavy (non-hydrogen) atoms. The van der Waals surface area contributed by atoms with Gasteiger partial charge in [0.1, 0.15) is 0 Å². The Labute approximate surface area is 177 Å². The third-order valence-electron chi connectivity index (χ3n) is 5.59. The average molecular weight is 402 g/mol. The number of hydrogen-bond acceptors (Lipinski definition) is 5. The standard InChI is InChI=1S/C24H27N5O/c1-17-5-3-4-6-21(17)18-15-22(23(24(25)30)26-16-18)27-19-7-9-20(10-8-19)29-13-11-28(2)12-14-29/h3-10,15-16,27H,11-14H2,1-2H3,(H2,25,30). The number of amides is 1. The molecule has 3 N–H and O–H groups in total. The first-order valence-corrected chi connectivity index (χ1v) is 10.2. The quantitative estimate of drug-likeness (QED) is 0.683. The number of nitrogens with zero attached hydrogens (tertiary/aromatic N) is 3. The van der Waals surface area contributed by atoms with Crippen LogP contribution in [0.25, 0.3) is 11.1 Å². The van der Waals surface area contributed by atoms with Gasteiger partial charge in [-0.25, -0.2) is 4.98 Å². The van der Waals surface area contributed by atoms with E-state index in [2.05, 4.69) is 52.3 Å². The Morgan fingerprint density at radius 3 is 2.40 bits per heavy atom. The highest BCUT2D eigenvalue weighted by atomic mass is 16.1. The van der Waals surface area contributed by atoms with E-state index < -0.39 is 5.91 Å². The molecular formula is C24H27N5O. The van der Waals surface area contributed by atoms with Crippen LogP contribution >= 0.6 is 0 Å². The summed E-state index contributed by atoms with van der Waals surface area (Å²) in [6, 6.07) is 18.3. The number of aryl methyl sites for hydroxylation is 1. The number of piperazine rings is 1. The topological polar surface area (TPSA) is 74.5 Å². The fourth-order valence-corrected chi connectivity index (χ4v) is 3.78. The number of benzene rings is 2. The number of nitrogens with two attached hydrogens (primary N) is 1. The van der Waals surface area contributed by atoms with Gasteiger partial charge in [0.05, 0.1) is 5.69 Å². The third-order valence-corrected chi connectivity index (χ3v) is 5.59. The first-order valence-electron chi connectivity index (χ1n) is 10.2. The highest BCUT2D eigenvalue weighted by Crippen LogP contribution is 2.29. The molecule has 1 aliphatic rings. The number of hydrogen-bond donors (Lipinski definition) is 2. The van der Waals surface area contributed by atoms with Gasteiger partial charge in [0.15, 0.2) is 5.69 Å². The third kappa shape index (κ3) is 4.28. The Bertz CT molecular complexity index is 1040. The maximum atomic E-state index is 11.9. The SMILES string of the molecule is Cc1ccccc1-c1cnc(C(N)=O)c(Nc2ccc(N3CCN(C)CC3)cc2)c1. The van der Waals surface area contributed by atoms with Crippen molar-refractivity contribution in [2.45, 2.75) is 6.92 Å². The molecule has 6 nitrogen and oxygen atoms in total. The number of likely N-dealkylation sites (N-methyl/N-ethyl adjacent to an activating group) is 1. The van der Waals surface area contributed by atoms with E-state index in [9.17, 15) is 4.79 Å². The van der Waals surface area contributed by atoms with E-state index in [1.807, 2.05) is 36.4 Å². The predicted molar refractivity (Wildman–Crippen MR) is 122 cm³/mol. The molecule has 1 saturated heterocycles. The van der Waals surface area contributed by atoms with E-state index >= 15 is 0 Å². The van der Waals surface area contributed by atoms with Crippen molar-refractivity contribution >= 4 is 23.0 Å². The molecule has 3 aromatic rings. The number of primary amides is 1. The maximum absolute atomic E-state index is 11.9. The lowest BCUT2D eigenvalue weighted by atomic mass is 10.0. The fourth-order valence-electron chi connectivity index (χ4n) is 3.78. The smallest absolute Gasteiger partial charge is 0.269 e. The van der Waals surface area contributed by atoms with Crippen LogP contribution in [-0.4, -0.2) is 49.0 Å². The highest BCUT2D eigenvalue weighted by molar-refractivity contribution is 5.98. The Hall–Kier alpha value is -3.38. The summed E-state index contributed by atoms with van der Waals surface area (Å²) < 4.78 is 0. The van der Waals surface area contributed by atoms with Crippen molar-refractivity contribution < 1.29 is 4.79 Å². The highest BCUT2D eigenvalue weighted by Gasteiger charge is 2.15. The number of carbonyl (C=O) groups is 1. The van der Waals surface area contributed by atoms with Gasteiger partial charge >= 0.3 is 0 Å². The largest absolute Gasteiger partial charge is 0.369 e. The molecule has 1 aliphatic heterocycles. The zero-order valence-corrected chi connectivity index (χ0v) is 17.4. The molecule has 0 bridgehead atoms. The van der Waals surface area contributed by atoms with Crippen LogP contribution in [0.1, 0.15) is 16.1 Å². The van der Waals surface area contributed by atoms with Gasteiger partial charge in [-0.3, -0.25) is 4.79 Å². The maximum Gasteiger partial charge on any atom is 0.269 e. The molecule has 2 heterocycles. The molecule has 1 amide bonds. The molecule has 0 atom stereocenters. The van der Waals surface area contributed by atoms with Crippen LogP contribution in [0.15, 0.2) is 60.8 Å². The second kappa shape index (κ2) is 8.55. The van der Waals surface area contributed by atoms with Crippen LogP contribution in [0.3, 0.4) is 0 Å². The van der Waals surface area contributed by atoms with Gasteiger partial charge in [-0.1, -0.05) is 24.3 Å². The first-order chi connectivity index (χ1) is 14.5. The molecule has 0 unspecified atom stereocenters. The van der Waals surface area contributed by atoms with Gasteiger partial charge < -0.3 is 20.9 Å². The minimum atomic E-state index is -0.553. The Morgan fingerprint density at radius 1 is 1.03 bits per heavy atom. The number of carbonyl (C=O) groups excluding carboxylic acids is 1. The minimum absolute atomic E-state index is 0.232. The molecule has 0 saturated carbocycles. The number of aromatic nitrogens is 1. The van der Waals surface area contributed by atoms with Crippen molar-refractivity contribution in [3.8, 4) is 11.1 Å². The molecular weight excluding hydrogens is 374 g/mol. The number of rotatable bonds is 5. The van der Waals surface area contributed by atoms with E-state index in [1.54, 1.807) is 6.20 Å². The van der Waals surface area contributed by atoms with Crippen LogP contribution in [-0.2, 0) is 0 Å². The monoisotopic (exact) mass is 401 g/mol. The summed E-state index contributed by atoms with van der Waals surface area (Å²) in [7, 11) is 2.15. The van der Waals surface area contributed by atoms with Gasteiger partial charge in [0.2, 0.25) is 0 Å². The molecule has 6 heteroatoms. The van der Waals surface area contributed by atoms with E-state index in [0.29, 0.717) is 5.69 Å². The minimum Gasteiger partial charge on any atom is -0.369 e. The van der Waals surface area contributed by atoms with Gasteiger partial charge in [-0.05, 0) is 55.4 Å². The Morgan fingerprint density at radius 2 is 1.73 bits per heavy atom. The molecule has 2 aromatic carbocycles. The fraction of sp³-hybridized carbons (Fsp3) is 0.250. The van der Waals surface area contributed by atoms with Crippen LogP contribution < -0.4 is 16.0 Å². The summed E-state index contributed by atoms with van der Waals surface area (Å²) in [5.41, 5.74) is 11.7. The summed E-state index contributed by atoms with van der Waals surface area (Å²) in [6.07, 6.45) is 1.70. The van der Waals surface area contributed by atoms with Gasteiger partial charge in [-0.15, -0.1) is 0 Å². The van der Waals surface area contributed by atoms with E-state index in [-0.39, 0.29) is 5.69 Å².